The molecule has 0 aliphatic carbocycles. The highest BCUT2D eigenvalue weighted by atomic mass is 35.5. The Kier molecular flexibility index (Phi) is 7.59. The van der Waals surface area contributed by atoms with Gasteiger partial charge in [-0.25, -0.2) is 0 Å². The van der Waals surface area contributed by atoms with Crippen LogP contribution in [0.3, 0.4) is 0 Å². The van der Waals surface area contributed by atoms with Crippen LogP contribution in [0.1, 0.15) is 17.0 Å². The van der Waals surface area contributed by atoms with Crippen LogP contribution in [0.5, 0.6) is 0 Å². The average Bonchev–Trinajstić information content (AvgIpc) is 3.05. The second-order valence-electron chi connectivity index (χ2n) is 6.94. The number of nitrogens with zero attached hydrogens (tertiary/aromatic N) is 3. The van der Waals surface area contributed by atoms with Crippen molar-refractivity contribution in [2.24, 2.45) is 7.05 Å². The summed E-state index contributed by atoms with van der Waals surface area (Å²) in [6.07, 6.45) is 0.0473. The Morgan fingerprint density at radius 3 is 2.48 bits per heavy atom. The van der Waals surface area contributed by atoms with Crippen LogP contribution in [-0.4, -0.2) is 32.3 Å². The van der Waals surface area contributed by atoms with E-state index in [0.29, 0.717) is 32.4 Å². The molecule has 0 unspecified atom stereocenters. The van der Waals surface area contributed by atoms with E-state index in [-0.39, 0.29) is 24.0 Å². The zero-order valence-corrected chi connectivity index (χ0v) is 19.5. The number of hydrogen-bond donors (Lipinski definition) is 2. The van der Waals surface area contributed by atoms with Crippen LogP contribution in [0, 0.1) is 13.8 Å². The summed E-state index contributed by atoms with van der Waals surface area (Å²) in [5.74, 6) is 0.242. The molecule has 3 rings (SSSR count). The molecule has 0 atom stereocenters. The van der Waals surface area contributed by atoms with Crippen LogP contribution in [0.25, 0.3) is 0 Å². The summed E-state index contributed by atoms with van der Waals surface area (Å²) >= 11 is 13.3. The summed E-state index contributed by atoms with van der Waals surface area (Å²) in [6, 6.07) is 10.6. The molecule has 10 heteroatoms. The van der Waals surface area contributed by atoms with Gasteiger partial charge < -0.3 is 15.2 Å². The average molecular weight is 478 g/mol. The highest BCUT2D eigenvalue weighted by Crippen LogP contribution is 2.22. The Morgan fingerprint density at radius 1 is 1.00 bits per heavy atom. The Balaban J connectivity index is 1.55. The van der Waals surface area contributed by atoms with Crippen molar-refractivity contribution >= 4 is 58.2 Å². The molecule has 0 aliphatic heterocycles. The van der Waals surface area contributed by atoms with E-state index < -0.39 is 0 Å². The first kappa shape index (κ1) is 23.1. The number of carbonyl (C=O) groups is 2. The van der Waals surface area contributed by atoms with Gasteiger partial charge in [-0.15, -0.1) is 10.2 Å². The molecule has 31 heavy (non-hydrogen) atoms. The maximum absolute atomic E-state index is 12.3. The molecule has 0 saturated carbocycles. The number of amides is 2. The van der Waals surface area contributed by atoms with Crippen LogP contribution in [0.4, 0.5) is 11.4 Å². The molecule has 3 aromatic rings. The molecule has 0 spiro atoms. The third kappa shape index (κ3) is 6.22. The van der Waals surface area contributed by atoms with Gasteiger partial charge in [-0.3, -0.25) is 9.59 Å². The van der Waals surface area contributed by atoms with Gasteiger partial charge >= 0.3 is 0 Å². The lowest BCUT2D eigenvalue weighted by atomic mass is 10.2. The lowest BCUT2D eigenvalue weighted by molar-refractivity contribution is -0.116. The third-order valence-electron chi connectivity index (χ3n) is 4.49. The van der Waals surface area contributed by atoms with Crippen molar-refractivity contribution in [2.45, 2.75) is 25.4 Å². The first-order chi connectivity index (χ1) is 14.7. The van der Waals surface area contributed by atoms with E-state index in [2.05, 4.69) is 20.8 Å². The van der Waals surface area contributed by atoms with Gasteiger partial charge in [0.2, 0.25) is 11.8 Å². The van der Waals surface area contributed by atoms with E-state index in [4.69, 9.17) is 23.2 Å². The second-order valence-corrected chi connectivity index (χ2v) is 8.73. The van der Waals surface area contributed by atoms with Gasteiger partial charge in [0.25, 0.3) is 0 Å². The van der Waals surface area contributed by atoms with Crippen LogP contribution >= 0.6 is 35.0 Å². The molecule has 1 aromatic heterocycles. The monoisotopic (exact) mass is 477 g/mol. The molecule has 0 radical (unpaired) electrons. The number of nitrogens with one attached hydrogen (secondary N) is 2. The number of carbonyl (C=O) groups excluding carboxylic acids is 2. The maximum Gasteiger partial charge on any atom is 0.234 e. The van der Waals surface area contributed by atoms with E-state index in [1.807, 2.05) is 19.9 Å². The van der Waals surface area contributed by atoms with Crippen molar-refractivity contribution in [1.29, 1.82) is 0 Å². The molecule has 0 fully saturated rings. The summed E-state index contributed by atoms with van der Waals surface area (Å²) in [5.41, 5.74) is 3.14. The van der Waals surface area contributed by atoms with Gasteiger partial charge in [-0.1, -0.05) is 41.0 Å². The molecule has 162 valence electrons. The molecule has 7 nitrogen and oxygen atoms in total. The van der Waals surface area contributed by atoms with Gasteiger partial charge in [0, 0.05) is 28.5 Å². The zero-order chi connectivity index (χ0) is 22.5. The molecule has 2 aromatic carbocycles. The number of thioether (sulfide) groups is 1. The van der Waals surface area contributed by atoms with E-state index in [0.717, 1.165) is 11.1 Å². The minimum atomic E-state index is -0.233. The first-order valence-corrected chi connectivity index (χ1v) is 11.1. The Morgan fingerprint density at radius 2 is 1.77 bits per heavy atom. The molecule has 0 aliphatic rings. The summed E-state index contributed by atoms with van der Waals surface area (Å²) in [7, 11) is 1.76. The van der Waals surface area contributed by atoms with Crippen molar-refractivity contribution in [3.8, 4) is 0 Å². The number of halogens is 2. The predicted octanol–water partition coefficient (Wildman–Crippen LogP) is 4.65. The quantitative estimate of drug-likeness (QED) is 0.483. The number of rotatable bonds is 7. The fraction of sp³-hybridized carbons (Fsp3) is 0.238. The van der Waals surface area contributed by atoms with Crippen molar-refractivity contribution in [3.63, 3.8) is 0 Å². The Bertz CT molecular complexity index is 1130. The number of hydrogen-bond acceptors (Lipinski definition) is 5. The minimum Gasteiger partial charge on any atom is -0.326 e. The second kappa shape index (κ2) is 10.2. The van der Waals surface area contributed by atoms with Crippen molar-refractivity contribution in [3.05, 3.63) is 63.4 Å². The Labute approximate surface area is 194 Å². The molecular weight excluding hydrogens is 457 g/mol. The molecule has 2 N–H and O–H groups in total. The van der Waals surface area contributed by atoms with Gasteiger partial charge in [0.1, 0.15) is 5.82 Å². The fourth-order valence-corrected chi connectivity index (χ4v) is 3.86. The SMILES string of the molecule is Cc1ccc(NC(=O)Cc2nnc(SCC(=O)Nc3ccc(Cl)cc3C)n2C)cc1Cl. The van der Waals surface area contributed by atoms with Crippen molar-refractivity contribution in [2.75, 3.05) is 16.4 Å². The number of benzene rings is 2. The molecule has 0 saturated heterocycles. The van der Waals surface area contributed by atoms with Gasteiger partial charge in [0.15, 0.2) is 5.16 Å². The Hall–Kier alpha value is -2.55. The highest BCUT2D eigenvalue weighted by Gasteiger charge is 2.15. The fourth-order valence-electron chi connectivity index (χ4n) is 2.73. The zero-order valence-electron chi connectivity index (χ0n) is 17.2. The van der Waals surface area contributed by atoms with Crippen LogP contribution in [0.2, 0.25) is 10.0 Å². The van der Waals surface area contributed by atoms with Gasteiger partial charge in [0.05, 0.1) is 12.2 Å². The van der Waals surface area contributed by atoms with Gasteiger partial charge in [-0.2, -0.15) is 0 Å². The molecule has 0 bridgehead atoms. The first-order valence-electron chi connectivity index (χ1n) is 9.36. The molecule has 2 amide bonds. The highest BCUT2D eigenvalue weighted by molar-refractivity contribution is 7.99. The van der Waals surface area contributed by atoms with Crippen LogP contribution in [0.15, 0.2) is 41.6 Å². The maximum atomic E-state index is 12.3. The van der Waals surface area contributed by atoms with E-state index in [1.54, 1.807) is 41.9 Å². The number of aromatic nitrogens is 3. The lowest BCUT2D eigenvalue weighted by Crippen LogP contribution is -2.17. The topological polar surface area (TPSA) is 88.9 Å². The van der Waals surface area contributed by atoms with Crippen molar-refractivity contribution < 1.29 is 9.59 Å². The smallest absolute Gasteiger partial charge is 0.234 e. The summed E-state index contributed by atoms with van der Waals surface area (Å²) in [4.78, 5) is 24.6. The van der Waals surface area contributed by atoms with E-state index >= 15 is 0 Å². The van der Waals surface area contributed by atoms with Gasteiger partial charge in [-0.05, 0) is 55.3 Å². The van der Waals surface area contributed by atoms with E-state index in [1.165, 1.54) is 11.8 Å². The lowest BCUT2D eigenvalue weighted by Gasteiger charge is -2.09. The number of anilines is 2. The third-order valence-corrected chi connectivity index (χ3v) is 6.16. The predicted molar refractivity (Wildman–Crippen MR) is 125 cm³/mol. The normalized spacial score (nSPS) is 10.7. The summed E-state index contributed by atoms with van der Waals surface area (Å²) in [5, 5.41) is 15.6. The standard InChI is InChI=1S/C21H21Cl2N5O2S/c1-12-4-6-15(9-16(12)23)24-19(29)10-18-26-27-21(28(18)3)31-11-20(30)25-17-7-5-14(22)8-13(17)2/h4-9H,10-11H2,1-3H3,(H,24,29)(H,25,30). The largest absolute Gasteiger partial charge is 0.326 e. The van der Waals surface area contributed by atoms with Crippen LogP contribution in [-0.2, 0) is 23.1 Å². The van der Waals surface area contributed by atoms with E-state index in [9.17, 15) is 9.59 Å². The summed E-state index contributed by atoms with van der Waals surface area (Å²) < 4.78 is 1.70. The molecular formula is C21H21Cl2N5O2S. The van der Waals surface area contributed by atoms with Crippen molar-refractivity contribution in [1.82, 2.24) is 14.8 Å². The molecule has 1 heterocycles. The number of aryl methyl sites for hydroxylation is 2. The summed E-state index contributed by atoms with van der Waals surface area (Å²) in [6.45, 7) is 3.77. The minimum absolute atomic E-state index is 0.0473. The van der Waals surface area contributed by atoms with Crippen LogP contribution < -0.4 is 10.6 Å².